The predicted octanol–water partition coefficient (Wildman–Crippen LogP) is 5.31. The summed E-state index contributed by atoms with van der Waals surface area (Å²) in [5.74, 6) is 0.641. The average molecular weight is 395 g/mol. The average Bonchev–Trinajstić information content (AvgIpc) is 2.73. The second-order valence-electron chi connectivity index (χ2n) is 7.73. The number of benzene rings is 2. The maximum absolute atomic E-state index is 12.7. The first-order valence-corrected chi connectivity index (χ1v) is 10.5. The lowest BCUT2D eigenvalue weighted by molar-refractivity contribution is -0.123. The van der Waals surface area contributed by atoms with Crippen LogP contribution in [0.25, 0.3) is 0 Å². The van der Waals surface area contributed by atoms with E-state index in [4.69, 9.17) is 4.74 Å². The van der Waals surface area contributed by atoms with E-state index in [0.29, 0.717) is 23.5 Å². The Labute approximate surface area is 172 Å². The molecule has 1 atom stereocenters. The molecule has 5 nitrogen and oxygen atoms in total. The van der Waals surface area contributed by atoms with Crippen molar-refractivity contribution in [2.45, 2.75) is 58.5 Å². The summed E-state index contributed by atoms with van der Waals surface area (Å²) in [6.07, 6.45) is 5.33. The van der Waals surface area contributed by atoms with Gasteiger partial charge in [0.05, 0.1) is 0 Å². The van der Waals surface area contributed by atoms with Gasteiger partial charge >= 0.3 is 0 Å². The second kappa shape index (κ2) is 10.1. The fraction of sp³-hybridized carbons (Fsp3) is 0.417. The normalized spacial score (nSPS) is 15.4. The Hall–Kier alpha value is -2.82. The number of anilines is 2. The quantitative estimate of drug-likeness (QED) is 0.669. The van der Waals surface area contributed by atoms with Crippen molar-refractivity contribution < 1.29 is 14.3 Å². The largest absolute Gasteiger partial charge is 0.481 e. The molecule has 29 heavy (non-hydrogen) atoms. The minimum absolute atomic E-state index is 0.0717. The summed E-state index contributed by atoms with van der Waals surface area (Å²) in [6, 6.07) is 14.9. The van der Waals surface area contributed by atoms with Gasteiger partial charge in [-0.25, -0.2) is 0 Å². The number of carbonyl (C=O) groups excluding carboxylic acids is 2. The molecule has 0 aromatic heterocycles. The highest BCUT2D eigenvalue weighted by atomic mass is 16.5. The summed E-state index contributed by atoms with van der Waals surface area (Å²) in [6.45, 7) is 3.90. The molecule has 1 saturated carbocycles. The third-order valence-electron chi connectivity index (χ3n) is 5.30. The molecule has 0 aliphatic heterocycles. The molecule has 1 aliphatic carbocycles. The summed E-state index contributed by atoms with van der Waals surface area (Å²) < 4.78 is 5.87. The van der Waals surface area contributed by atoms with E-state index in [2.05, 4.69) is 10.6 Å². The molecular weight excluding hydrogens is 364 g/mol. The number of amides is 2. The van der Waals surface area contributed by atoms with Gasteiger partial charge in [0.2, 0.25) is 5.91 Å². The molecule has 2 aromatic carbocycles. The Bertz CT molecular complexity index is 844. The Morgan fingerprint density at radius 3 is 2.38 bits per heavy atom. The van der Waals surface area contributed by atoms with Gasteiger partial charge in [-0.15, -0.1) is 0 Å². The van der Waals surface area contributed by atoms with Crippen molar-refractivity contribution in [3.63, 3.8) is 0 Å². The van der Waals surface area contributed by atoms with Gasteiger partial charge in [0.15, 0.2) is 6.10 Å². The van der Waals surface area contributed by atoms with Crippen LogP contribution in [-0.2, 0) is 9.59 Å². The van der Waals surface area contributed by atoms with Crippen molar-refractivity contribution in [2.75, 3.05) is 10.6 Å². The van der Waals surface area contributed by atoms with Gasteiger partial charge in [-0.1, -0.05) is 44.4 Å². The molecule has 0 heterocycles. The van der Waals surface area contributed by atoms with Crippen molar-refractivity contribution in [1.29, 1.82) is 0 Å². The topological polar surface area (TPSA) is 67.4 Å². The predicted molar refractivity (Wildman–Crippen MR) is 116 cm³/mol. The van der Waals surface area contributed by atoms with Crippen LogP contribution >= 0.6 is 0 Å². The molecule has 2 aromatic rings. The number of hydrogen-bond donors (Lipinski definition) is 2. The molecule has 1 fully saturated rings. The van der Waals surface area contributed by atoms with Crippen molar-refractivity contribution in [1.82, 2.24) is 0 Å². The monoisotopic (exact) mass is 394 g/mol. The highest BCUT2D eigenvalue weighted by Gasteiger charge is 2.22. The first kappa shape index (κ1) is 20.9. The molecule has 0 saturated heterocycles. The van der Waals surface area contributed by atoms with Gasteiger partial charge in [-0.2, -0.15) is 0 Å². The molecule has 1 unspecified atom stereocenters. The minimum atomic E-state index is -0.586. The molecule has 0 spiro atoms. The third-order valence-corrected chi connectivity index (χ3v) is 5.30. The van der Waals surface area contributed by atoms with Crippen molar-refractivity contribution >= 4 is 23.2 Å². The third kappa shape index (κ3) is 6.08. The summed E-state index contributed by atoms with van der Waals surface area (Å²) in [7, 11) is 0. The standard InChI is InChI=1S/C24H30N2O3/c1-3-22(29-21-14-7-9-17(2)15-21)24(28)26-20-13-8-12-19(16-20)25-23(27)18-10-5-4-6-11-18/h7-9,12-16,18,22H,3-6,10-11H2,1-2H3,(H,25,27)(H,26,28). The summed E-state index contributed by atoms with van der Waals surface area (Å²) in [4.78, 5) is 25.2. The van der Waals surface area contributed by atoms with Crippen LogP contribution < -0.4 is 15.4 Å². The highest BCUT2D eigenvalue weighted by Crippen LogP contribution is 2.25. The van der Waals surface area contributed by atoms with E-state index in [0.717, 1.165) is 31.2 Å². The van der Waals surface area contributed by atoms with Gasteiger partial charge < -0.3 is 15.4 Å². The Morgan fingerprint density at radius 1 is 1.00 bits per heavy atom. The zero-order chi connectivity index (χ0) is 20.6. The van der Waals surface area contributed by atoms with E-state index >= 15 is 0 Å². The van der Waals surface area contributed by atoms with Crippen LogP contribution in [0.15, 0.2) is 48.5 Å². The molecule has 2 N–H and O–H groups in total. The Morgan fingerprint density at radius 2 is 1.69 bits per heavy atom. The lowest BCUT2D eigenvalue weighted by Crippen LogP contribution is -2.32. The molecule has 3 rings (SSSR count). The minimum Gasteiger partial charge on any atom is -0.481 e. The fourth-order valence-electron chi connectivity index (χ4n) is 3.68. The lowest BCUT2D eigenvalue weighted by atomic mass is 9.88. The molecular formula is C24H30N2O3. The Kier molecular flexibility index (Phi) is 7.28. The van der Waals surface area contributed by atoms with Gasteiger partial charge in [-0.05, 0) is 62.1 Å². The molecule has 1 aliphatic rings. The van der Waals surface area contributed by atoms with Gasteiger partial charge in [0, 0.05) is 17.3 Å². The van der Waals surface area contributed by atoms with Crippen LogP contribution in [0.2, 0.25) is 0 Å². The van der Waals surface area contributed by atoms with Crippen LogP contribution in [-0.4, -0.2) is 17.9 Å². The first-order valence-electron chi connectivity index (χ1n) is 10.5. The number of aryl methyl sites for hydroxylation is 1. The van der Waals surface area contributed by atoms with Crippen LogP contribution in [0, 0.1) is 12.8 Å². The maximum atomic E-state index is 12.7. The molecule has 0 bridgehead atoms. The van der Waals surface area contributed by atoms with Crippen molar-refractivity contribution in [2.24, 2.45) is 5.92 Å². The van der Waals surface area contributed by atoms with E-state index < -0.39 is 6.10 Å². The lowest BCUT2D eigenvalue weighted by Gasteiger charge is -2.21. The van der Waals surface area contributed by atoms with Crippen LogP contribution in [0.3, 0.4) is 0 Å². The van der Waals surface area contributed by atoms with Gasteiger partial charge in [-0.3, -0.25) is 9.59 Å². The number of nitrogens with one attached hydrogen (secondary N) is 2. The second-order valence-corrected chi connectivity index (χ2v) is 7.73. The van der Waals surface area contributed by atoms with E-state index in [-0.39, 0.29) is 17.7 Å². The molecule has 5 heteroatoms. The van der Waals surface area contributed by atoms with Crippen LogP contribution in [0.1, 0.15) is 51.0 Å². The smallest absolute Gasteiger partial charge is 0.265 e. The van der Waals surface area contributed by atoms with E-state index in [1.807, 2.05) is 56.3 Å². The highest BCUT2D eigenvalue weighted by molar-refractivity contribution is 5.96. The number of ether oxygens (including phenoxy) is 1. The summed E-state index contributed by atoms with van der Waals surface area (Å²) in [5, 5.41) is 5.90. The van der Waals surface area contributed by atoms with Crippen molar-refractivity contribution in [3.8, 4) is 5.75 Å². The SMILES string of the molecule is CCC(Oc1cccc(C)c1)C(=O)Nc1cccc(NC(=O)C2CCCCC2)c1. The molecule has 154 valence electrons. The van der Waals surface area contributed by atoms with Gasteiger partial charge in [0.25, 0.3) is 5.91 Å². The van der Waals surface area contributed by atoms with Crippen LogP contribution in [0.4, 0.5) is 11.4 Å². The van der Waals surface area contributed by atoms with Gasteiger partial charge in [0.1, 0.15) is 5.75 Å². The maximum Gasteiger partial charge on any atom is 0.265 e. The molecule has 2 amide bonds. The number of carbonyl (C=O) groups is 2. The fourth-order valence-corrected chi connectivity index (χ4v) is 3.68. The van der Waals surface area contributed by atoms with E-state index in [1.165, 1.54) is 6.42 Å². The molecule has 0 radical (unpaired) electrons. The Balaban J connectivity index is 1.60. The van der Waals surface area contributed by atoms with E-state index in [1.54, 1.807) is 6.07 Å². The zero-order valence-electron chi connectivity index (χ0n) is 17.2. The first-order chi connectivity index (χ1) is 14.0. The van der Waals surface area contributed by atoms with Crippen LogP contribution in [0.5, 0.6) is 5.75 Å². The summed E-state index contributed by atoms with van der Waals surface area (Å²) in [5.41, 5.74) is 2.42. The van der Waals surface area contributed by atoms with Crippen molar-refractivity contribution in [3.05, 3.63) is 54.1 Å². The summed E-state index contributed by atoms with van der Waals surface area (Å²) >= 11 is 0. The van der Waals surface area contributed by atoms with E-state index in [9.17, 15) is 9.59 Å². The number of hydrogen-bond acceptors (Lipinski definition) is 3. The number of rotatable bonds is 7. The zero-order valence-corrected chi connectivity index (χ0v) is 17.2.